The molecule has 0 aromatic rings. The minimum absolute atomic E-state index is 0.00213. The molecule has 0 radical (unpaired) electrons. The van der Waals surface area contributed by atoms with Crippen molar-refractivity contribution in [2.75, 3.05) is 6.54 Å². The molecule has 1 atom stereocenters. The first kappa shape index (κ1) is 17.8. The number of rotatable bonds is 6. The van der Waals surface area contributed by atoms with E-state index < -0.39 is 0 Å². The molecule has 4 nitrogen and oxygen atoms in total. The van der Waals surface area contributed by atoms with Gasteiger partial charge in [0.05, 0.1) is 0 Å². The van der Waals surface area contributed by atoms with Crippen LogP contribution in [-0.2, 0) is 14.3 Å². The molecule has 0 fully saturated rings. The zero-order valence-electron chi connectivity index (χ0n) is 9.13. The normalized spacial score (nSPS) is 11.1. The standard InChI is InChI=1S/C9H17NO3.I2/c1-7(2)9(12)10-5-4-8(3)13-6-11;1-2/h6-8H,4-5H2,1-3H3,(H,10,12);. The SMILES string of the molecule is CC(CCNC(=O)C(C)C)OC=O.II. The van der Waals surface area contributed by atoms with Crippen molar-refractivity contribution in [3.8, 4) is 0 Å². The molecule has 15 heavy (non-hydrogen) atoms. The van der Waals surface area contributed by atoms with Crippen molar-refractivity contribution in [1.82, 2.24) is 5.32 Å². The van der Waals surface area contributed by atoms with Crippen molar-refractivity contribution in [1.29, 1.82) is 0 Å². The third-order valence-electron chi connectivity index (χ3n) is 1.66. The van der Waals surface area contributed by atoms with Crippen LogP contribution in [0.2, 0.25) is 0 Å². The Morgan fingerprint density at radius 2 is 1.93 bits per heavy atom. The summed E-state index contributed by atoms with van der Waals surface area (Å²) in [7, 11) is 0. The van der Waals surface area contributed by atoms with Gasteiger partial charge in [-0.15, -0.1) is 0 Å². The molecule has 90 valence electrons. The molecule has 6 heteroatoms. The predicted octanol–water partition coefficient (Wildman–Crippen LogP) is 2.48. The van der Waals surface area contributed by atoms with Crippen molar-refractivity contribution >= 4 is 49.6 Å². The van der Waals surface area contributed by atoms with Crippen LogP contribution in [0.15, 0.2) is 0 Å². The van der Waals surface area contributed by atoms with E-state index in [1.165, 1.54) is 0 Å². The molecule has 0 spiro atoms. The number of nitrogens with one attached hydrogen (secondary N) is 1. The Kier molecular flexibility index (Phi) is 14.8. The molecule has 0 aliphatic heterocycles. The first-order valence-corrected chi connectivity index (χ1v) is 10.9. The summed E-state index contributed by atoms with van der Waals surface area (Å²) in [6, 6.07) is 0. The fourth-order valence-electron chi connectivity index (χ4n) is 0.766. The second kappa shape index (κ2) is 12.5. The van der Waals surface area contributed by atoms with Gasteiger partial charge in [0.15, 0.2) is 0 Å². The number of carbonyl (C=O) groups is 2. The van der Waals surface area contributed by atoms with Gasteiger partial charge in [0.25, 0.3) is 6.47 Å². The zero-order chi connectivity index (χ0) is 12.3. The Hall–Kier alpha value is 0.400. The largest absolute Gasteiger partial charge is 0.465 e. The van der Waals surface area contributed by atoms with Gasteiger partial charge in [0.2, 0.25) is 5.91 Å². The summed E-state index contributed by atoms with van der Waals surface area (Å²) in [6.07, 6.45) is 0.516. The Labute approximate surface area is 114 Å². The molecule has 0 aliphatic carbocycles. The molecule has 0 bridgehead atoms. The summed E-state index contributed by atoms with van der Waals surface area (Å²) in [6.45, 7) is 6.43. The van der Waals surface area contributed by atoms with Crippen LogP contribution in [0.4, 0.5) is 0 Å². The lowest BCUT2D eigenvalue weighted by Crippen LogP contribution is -2.30. The van der Waals surface area contributed by atoms with Gasteiger partial charge in [0.1, 0.15) is 6.10 Å². The maximum atomic E-state index is 11.1. The number of amides is 1. The molecule has 0 saturated heterocycles. The summed E-state index contributed by atoms with van der Waals surface area (Å²) in [4.78, 5) is 21.0. The van der Waals surface area contributed by atoms with Gasteiger partial charge in [-0.1, -0.05) is 13.8 Å². The highest BCUT2D eigenvalue weighted by molar-refractivity contribution is 15.0. The lowest BCUT2D eigenvalue weighted by molar-refractivity contribution is -0.132. The number of halogens is 2. The average molecular weight is 441 g/mol. The van der Waals surface area contributed by atoms with Gasteiger partial charge in [-0.25, -0.2) is 0 Å². The third-order valence-corrected chi connectivity index (χ3v) is 1.66. The fraction of sp³-hybridized carbons (Fsp3) is 0.778. The van der Waals surface area contributed by atoms with Crippen LogP contribution in [0, 0.1) is 5.92 Å². The molecule has 0 aromatic carbocycles. The molecule has 1 N–H and O–H groups in total. The van der Waals surface area contributed by atoms with Crippen LogP contribution < -0.4 is 5.32 Å². The van der Waals surface area contributed by atoms with E-state index in [4.69, 9.17) is 0 Å². The molecular weight excluding hydrogens is 424 g/mol. The van der Waals surface area contributed by atoms with Crippen LogP contribution >= 0.6 is 37.2 Å². The minimum Gasteiger partial charge on any atom is -0.465 e. The summed E-state index contributed by atoms with van der Waals surface area (Å²) < 4.78 is 4.65. The van der Waals surface area contributed by atoms with E-state index in [-0.39, 0.29) is 17.9 Å². The molecule has 1 amide bonds. The van der Waals surface area contributed by atoms with E-state index in [1.54, 1.807) is 6.92 Å². The van der Waals surface area contributed by atoms with Crippen LogP contribution in [0.25, 0.3) is 0 Å². The van der Waals surface area contributed by atoms with Crippen LogP contribution in [0.5, 0.6) is 0 Å². The van der Waals surface area contributed by atoms with Gasteiger partial charge < -0.3 is 10.1 Å². The van der Waals surface area contributed by atoms with Crippen molar-refractivity contribution in [2.24, 2.45) is 5.92 Å². The minimum atomic E-state index is -0.134. The molecular formula is C9H17I2NO3. The summed E-state index contributed by atoms with van der Waals surface area (Å²) in [5, 5.41) is 2.74. The maximum absolute atomic E-state index is 11.1. The first-order chi connectivity index (χ1) is 7.07. The molecule has 0 aromatic heterocycles. The highest BCUT2D eigenvalue weighted by Gasteiger charge is 2.06. The summed E-state index contributed by atoms with van der Waals surface area (Å²) in [5.74, 6) is 0.0283. The van der Waals surface area contributed by atoms with E-state index in [9.17, 15) is 9.59 Å². The lowest BCUT2D eigenvalue weighted by Gasteiger charge is -2.11. The molecule has 1 unspecified atom stereocenters. The van der Waals surface area contributed by atoms with E-state index >= 15 is 0 Å². The lowest BCUT2D eigenvalue weighted by atomic mass is 10.2. The smallest absolute Gasteiger partial charge is 0.293 e. The van der Waals surface area contributed by atoms with Gasteiger partial charge in [0, 0.05) is 56.1 Å². The van der Waals surface area contributed by atoms with Crippen LogP contribution in [0.3, 0.4) is 0 Å². The Morgan fingerprint density at radius 1 is 1.40 bits per heavy atom. The number of hydrogen-bond acceptors (Lipinski definition) is 3. The highest BCUT2D eigenvalue weighted by atomic mass is 128. The van der Waals surface area contributed by atoms with Gasteiger partial charge in [-0.3, -0.25) is 9.59 Å². The predicted molar refractivity (Wildman–Crippen MR) is 77.1 cm³/mol. The topological polar surface area (TPSA) is 55.4 Å². The van der Waals surface area contributed by atoms with Gasteiger partial charge in [-0.05, 0) is 6.92 Å². The highest BCUT2D eigenvalue weighted by Crippen LogP contribution is 1.95. The number of hydrogen-bond donors (Lipinski definition) is 1. The molecule has 0 rings (SSSR count). The molecule has 0 saturated carbocycles. The van der Waals surface area contributed by atoms with E-state index in [0.29, 0.717) is 19.4 Å². The Bertz CT molecular complexity index is 177. The summed E-state index contributed by atoms with van der Waals surface area (Å²) >= 11 is 4.24. The Morgan fingerprint density at radius 3 is 2.33 bits per heavy atom. The monoisotopic (exact) mass is 441 g/mol. The summed E-state index contributed by atoms with van der Waals surface area (Å²) in [5.41, 5.74) is 0. The molecule has 0 aliphatic rings. The Balaban J connectivity index is 0. The number of ether oxygens (including phenoxy) is 1. The first-order valence-electron chi connectivity index (χ1n) is 4.59. The van der Waals surface area contributed by atoms with Crippen molar-refractivity contribution in [3.05, 3.63) is 0 Å². The van der Waals surface area contributed by atoms with Gasteiger partial charge in [-0.2, -0.15) is 0 Å². The van der Waals surface area contributed by atoms with Crippen molar-refractivity contribution in [3.63, 3.8) is 0 Å². The van der Waals surface area contributed by atoms with Gasteiger partial charge >= 0.3 is 0 Å². The van der Waals surface area contributed by atoms with Crippen molar-refractivity contribution in [2.45, 2.75) is 33.3 Å². The quantitative estimate of drug-likeness (QED) is 0.510. The average Bonchev–Trinajstić information content (AvgIpc) is 2.21. The fourth-order valence-corrected chi connectivity index (χ4v) is 0.766. The number of carbonyl (C=O) groups excluding carboxylic acids is 2. The van der Waals surface area contributed by atoms with Crippen LogP contribution in [0.1, 0.15) is 27.2 Å². The van der Waals surface area contributed by atoms with E-state index in [2.05, 4.69) is 47.3 Å². The third kappa shape index (κ3) is 12.3. The van der Waals surface area contributed by atoms with Crippen LogP contribution in [-0.4, -0.2) is 25.0 Å². The molecule has 0 heterocycles. The van der Waals surface area contributed by atoms with E-state index in [1.807, 2.05) is 13.8 Å². The maximum Gasteiger partial charge on any atom is 0.293 e. The second-order valence-electron chi connectivity index (χ2n) is 3.28. The zero-order valence-corrected chi connectivity index (χ0v) is 13.4. The second-order valence-corrected chi connectivity index (χ2v) is 3.28. The van der Waals surface area contributed by atoms with E-state index in [0.717, 1.165) is 0 Å². The van der Waals surface area contributed by atoms with Crippen molar-refractivity contribution < 1.29 is 14.3 Å².